The van der Waals surface area contributed by atoms with Gasteiger partial charge in [-0.05, 0) is 6.42 Å². The summed E-state index contributed by atoms with van der Waals surface area (Å²) in [5.41, 5.74) is 0. The number of alkyl halides is 2. The predicted octanol–water partition coefficient (Wildman–Crippen LogP) is 3.82. The Kier molecular flexibility index (Phi) is 8.94. The summed E-state index contributed by atoms with van der Waals surface area (Å²) in [6.07, 6.45) is 4.21. The van der Waals surface area contributed by atoms with Crippen molar-refractivity contribution in [1.82, 2.24) is 0 Å². The number of carboxylic acid groups (broad SMARTS) is 1. The zero-order valence-corrected chi connectivity index (χ0v) is 10.4. The fourth-order valence-corrected chi connectivity index (χ4v) is 1.50. The highest BCUT2D eigenvalue weighted by Crippen LogP contribution is 2.16. The predicted molar refractivity (Wildman–Crippen MR) is 61.1 cm³/mol. The number of carbonyl (C=O) groups is 1. The lowest BCUT2D eigenvalue weighted by Gasteiger charge is -2.11. The first-order valence-corrected chi connectivity index (χ1v) is 6.26. The van der Waals surface area contributed by atoms with Gasteiger partial charge in [0.25, 0.3) is 0 Å². The van der Waals surface area contributed by atoms with E-state index in [1.165, 1.54) is 25.7 Å². The highest BCUT2D eigenvalue weighted by molar-refractivity contribution is 5.73. The molecule has 17 heavy (non-hydrogen) atoms. The minimum Gasteiger partial charge on any atom is -0.475 e. The number of unbranched alkanes of at least 4 members (excludes halogenated alkanes) is 7. The second-order valence-electron chi connectivity index (χ2n) is 4.15. The van der Waals surface area contributed by atoms with Gasteiger partial charge in [0.2, 0.25) is 0 Å². The van der Waals surface area contributed by atoms with Gasteiger partial charge in [0.1, 0.15) is 0 Å². The van der Waals surface area contributed by atoms with Crippen molar-refractivity contribution in [3.63, 3.8) is 0 Å². The van der Waals surface area contributed by atoms with Crippen LogP contribution in [-0.2, 0) is 9.53 Å². The zero-order chi connectivity index (χ0) is 13.1. The number of halogens is 2. The minimum atomic E-state index is -4.04. The molecule has 0 fully saturated rings. The molecular weight excluding hydrogens is 230 g/mol. The summed E-state index contributed by atoms with van der Waals surface area (Å²) in [4.78, 5) is 10.0. The summed E-state index contributed by atoms with van der Waals surface area (Å²) in [6.45, 7) is 1.95. The highest BCUT2D eigenvalue weighted by Gasteiger charge is 2.40. The van der Waals surface area contributed by atoms with Crippen molar-refractivity contribution in [2.45, 2.75) is 64.4 Å². The lowest BCUT2D eigenvalue weighted by Crippen LogP contribution is -2.31. The van der Waals surface area contributed by atoms with Crippen LogP contribution in [0, 0.1) is 0 Å². The topological polar surface area (TPSA) is 46.5 Å². The minimum absolute atomic E-state index is 0.200. The zero-order valence-electron chi connectivity index (χ0n) is 10.4. The molecule has 0 heterocycles. The van der Waals surface area contributed by atoms with Crippen molar-refractivity contribution < 1.29 is 23.4 Å². The SMILES string of the molecule is CCCCCCCCCCOC(F)(F)C(=O)O. The van der Waals surface area contributed by atoms with Gasteiger partial charge in [0, 0.05) is 0 Å². The number of carboxylic acids is 1. The molecule has 0 spiro atoms. The van der Waals surface area contributed by atoms with E-state index in [-0.39, 0.29) is 6.61 Å². The summed E-state index contributed by atoms with van der Waals surface area (Å²) in [6, 6.07) is 0. The average molecular weight is 252 g/mol. The van der Waals surface area contributed by atoms with Crippen LogP contribution in [-0.4, -0.2) is 23.8 Å². The first-order chi connectivity index (χ1) is 8.00. The van der Waals surface area contributed by atoms with Gasteiger partial charge in [-0.15, -0.1) is 0 Å². The summed E-state index contributed by atoms with van der Waals surface area (Å²) in [5, 5.41) is 8.09. The average Bonchev–Trinajstić information content (AvgIpc) is 2.26. The second-order valence-corrected chi connectivity index (χ2v) is 4.15. The molecule has 0 unspecified atom stereocenters. The van der Waals surface area contributed by atoms with E-state index in [1.54, 1.807) is 0 Å². The molecule has 0 saturated carbocycles. The molecule has 0 bridgehead atoms. The summed E-state index contributed by atoms with van der Waals surface area (Å²) in [7, 11) is 0. The van der Waals surface area contributed by atoms with Crippen LogP contribution in [0.25, 0.3) is 0 Å². The van der Waals surface area contributed by atoms with Gasteiger partial charge in [-0.1, -0.05) is 51.9 Å². The van der Waals surface area contributed by atoms with E-state index in [1.807, 2.05) is 0 Å². The first-order valence-electron chi connectivity index (χ1n) is 6.26. The molecule has 0 radical (unpaired) electrons. The van der Waals surface area contributed by atoms with Crippen molar-refractivity contribution >= 4 is 5.97 Å². The Morgan fingerprint density at radius 2 is 1.53 bits per heavy atom. The molecule has 0 saturated heterocycles. The number of rotatable bonds is 11. The first kappa shape index (κ1) is 16.3. The Hall–Kier alpha value is -0.710. The summed E-state index contributed by atoms with van der Waals surface area (Å²) in [5.74, 6) is -2.22. The van der Waals surface area contributed by atoms with Crippen molar-refractivity contribution in [3.8, 4) is 0 Å². The van der Waals surface area contributed by atoms with Crippen LogP contribution in [0.1, 0.15) is 58.3 Å². The van der Waals surface area contributed by atoms with Crippen molar-refractivity contribution in [1.29, 1.82) is 0 Å². The second kappa shape index (κ2) is 9.33. The molecular formula is C12H22F2O3. The largest absolute Gasteiger partial charge is 0.475 e. The third-order valence-electron chi connectivity index (χ3n) is 2.53. The third-order valence-corrected chi connectivity index (χ3v) is 2.53. The molecule has 0 aromatic rings. The Labute approximate surface area is 101 Å². The maximum Gasteiger partial charge on any atom is 0.455 e. The van der Waals surface area contributed by atoms with Gasteiger partial charge in [-0.2, -0.15) is 8.78 Å². The lowest BCUT2D eigenvalue weighted by atomic mass is 10.1. The molecule has 0 aliphatic rings. The Bertz CT molecular complexity index is 208. The van der Waals surface area contributed by atoms with Gasteiger partial charge in [0.05, 0.1) is 6.61 Å². The Balaban J connectivity index is 3.27. The molecule has 0 aliphatic heterocycles. The number of hydrogen-bond donors (Lipinski definition) is 1. The highest BCUT2D eigenvalue weighted by atomic mass is 19.3. The number of ether oxygens (including phenoxy) is 1. The Morgan fingerprint density at radius 1 is 1.06 bits per heavy atom. The van der Waals surface area contributed by atoms with Crippen LogP contribution in [0.4, 0.5) is 8.78 Å². The molecule has 0 aromatic heterocycles. The van der Waals surface area contributed by atoms with E-state index >= 15 is 0 Å². The van der Waals surface area contributed by atoms with Crippen LogP contribution in [0.5, 0.6) is 0 Å². The third kappa shape index (κ3) is 9.03. The molecule has 1 N–H and O–H groups in total. The number of hydrogen-bond acceptors (Lipinski definition) is 2. The van der Waals surface area contributed by atoms with Crippen LogP contribution < -0.4 is 0 Å². The normalized spacial score (nSPS) is 11.7. The maximum absolute atomic E-state index is 12.4. The molecule has 0 atom stereocenters. The Morgan fingerprint density at radius 3 is 2.00 bits per heavy atom. The van der Waals surface area contributed by atoms with E-state index in [9.17, 15) is 13.6 Å². The molecule has 3 nitrogen and oxygen atoms in total. The van der Waals surface area contributed by atoms with Crippen LogP contribution in [0.15, 0.2) is 0 Å². The van der Waals surface area contributed by atoms with Crippen LogP contribution in [0.3, 0.4) is 0 Å². The van der Waals surface area contributed by atoms with Crippen molar-refractivity contribution in [2.24, 2.45) is 0 Å². The summed E-state index contributed by atoms with van der Waals surface area (Å²) < 4.78 is 28.9. The van der Waals surface area contributed by atoms with Crippen molar-refractivity contribution in [2.75, 3.05) is 6.61 Å². The fraction of sp³-hybridized carbons (Fsp3) is 0.917. The summed E-state index contributed by atoms with van der Waals surface area (Å²) >= 11 is 0. The monoisotopic (exact) mass is 252 g/mol. The molecule has 5 heteroatoms. The number of aliphatic carboxylic acids is 1. The van der Waals surface area contributed by atoms with Gasteiger partial charge < -0.3 is 9.84 Å². The van der Waals surface area contributed by atoms with Gasteiger partial charge in [-0.3, -0.25) is 0 Å². The molecule has 102 valence electrons. The lowest BCUT2D eigenvalue weighted by molar-refractivity contribution is -0.245. The maximum atomic E-state index is 12.4. The fourth-order valence-electron chi connectivity index (χ4n) is 1.50. The van der Waals surface area contributed by atoms with E-state index in [4.69, 9.17) is 5.11 Å². The standard InChI is InChI=1S/C12H22F2O3/c1-2-3-4-5-6-7-8-9-10-17-12(13,14)11(15)16/h2-10H2,1H3,(H,15,16). The molecule has 0 aromatic carbocycles. The van der Waals surface area contributed by atoms with Gasteiger partial charge >= 0.3 is 12.1 Å². The quantitative estimate of drug-likeness (QED) is 0.568. The molecule has 0 aliphatic carbocycles. The van der Waals surface area contributed by atoms with Crippen LogP contribution >= 0.6 is 0 Å². The molecule has 0 rings (SSSR count). The van der Waals surface area contributed by atoms with E-state index < -0.39 is 12.1 Å². The van der Waals surface area contributed by atoms with Crippen LogP contribution in [0.2, 0.25) is 0 Å². The van der Waals surface area contributed by atoms with Crippen molar-refractivity contribution in [3.05, 3.63) is 0 Å². The smallest absolute Gasteiger partial charge is 0.455 e. The van der Waals surface area contributed by atoms with E-state index in [0.717, 1.165) is 19.3 Å². The van der Waals surface area contributed by atoms with Gasteiger partial charge in [-0.25, -0.2) is 4.79 Å². The van der Waals surface area contributed by atoms with Gasteiger partial charge in [0.15, 0.2) is 0 Å². The van der Waals surface area contributed by atoms with E-state index in [2.05, 4.69) is 11.7 Å². The molecule has 0 amide bonds. The van der Waals surface area contributed by atoms with E-state index in [0.29, 0.717) is 6.42 Å².